The minimum absolute atomic E-state index is 0.212. The Labute approximate surface area is 136 Å². The molecule has 0 atom stereocenters. The Morgan fingerprint density at radius 2 is 1.70 bits per heavy atom. The van der Waals surface area contributed by atoms with E-state index in [1.165, 1.54) is 6.08 Å². The molecule has 0 amide bonds. The summed E-state index contributed by atoms with van der Waals surface area (Å²) in [5.74, 6) is -0.831. The van der Waals surface area contributed by atoms with Gasteiger partial charge in [-0.1, -0.05) is 0 Å². The average Bonchev–Trinajstić information content (AvgIpc) is 2.39. The standard InChI is InChI=1S/C18H24O5/c1-11(2)22-17(21)18(5,6)23-16-12(3)9-14(10-13(16)4)7-8-15(19)20/h7-11H,1-6H3,(H,19,20)/b8-7+. The lowest BCUT2D eigenvalue weighted by molar-refractivity contribution is -0.163. The van der Waals surface area contributed by atoms with Gasteiger partial charge in [0.1, 0.15) is 5.75 Å². The predicted octanol–water partition coefficient (Wildman–Crippen LogP) is 3.51. The van der Waals surface area contributed by atoms with Crippen molar-refractivity contribution in [2.45, 2.75) is 53.2 Å². The Morgan fingerprint density at radius 3 is 2.13 bits per heavy atom. The zero-order valence-electron chi connectivity index (χ0n) is 14.5. The zero-order valence-corrected chi connectivity index (χ0v) is 14.5. The van der Waals surface area contributed by atoms with Crippen molar-refractivity contribution in [3.63, 3.8) is 0 Å². The molecule has 0 fully saturated rings. The molecule has 1 rings (SSSR count). The van der Waals surface area contributed by atoms with Gasteiger partial charge in [-0.3, -0.25) is 0 Å². The number of rotatable bonds is 6. The van der Waals surface area contributed by atoms with Crippen LogP contribution >= 0.6 is 0 Å². The number of esters is 1. The fraction of sp³-hybridized carbons (Fsp3) is 0.444. The number of carboxylic acids is 1. The van der Waals surface area contributed by atoms with Crippen molar-refractivity contribution in [1.29, 1.82) is 0 Å². The van der Waals surface area contributed by atoms with Gasteiger partial charge in [-0.25, -0.2) is 9.59 Å². The Morgan fingerprint density at radius 1 is 1.17 bits per heavy atom. The van der Waals surface area contributed by atoms with Crippen LogP contribution in [0.25, 0.3) is 6.08 Å². The number of hydrogen-bond acceptors (Lipinski definition) is 4. The second-order valence-electron chi connectivity index (χ2n) is 6.22. The van der Waals surface area contributed by atoms with Crippen molar-refractivity contribution >= 4 is 18.0 Å². The summed E-state index contributed by atoms with van der Waals surface area (Å²) in [5, 5.41) is 8.69. The van der Waals surface area contributed by atoms with Crippen LogP contribution in [-0.2, 0) is 14.3 Å². The van der Waals surface area contributed by atoms with Gasteiger partial charge in [0, 0.05) is 6.08 Å². The monoisotopic (exact) mass is 320 g/mol. The first-order valence-corrected chi connectivity index (χ1v) is 7.45. The molecule has 0 radical (unpaired) electrons. The summed E-state index contributed by atoms with van der Waals surface area (Å²) >= 11 is 0. The molecule has 0 saturated heterocycles. The van der Waals surface area contributed by atoms with E-state index in [4.69, 9.17) is 14.6 Å². The van der Waals surface area contributed by atoms with Crippen molar-refractivity contribution < 1.29 is 24.2 Å². The van der Waals surface area contributed by atoms with Crippen LogP contribution in [0.3, 0.4) is 0 Å². The number of ether oxygens (including phenoxy) is 2. The van der Waals surface area contributed by atoms with Gasteiger partial charge in [0.15, 0.2) is 5.60 Å². The van der Waals surface area contributed by atoms with Crippen molar-refractivity contribution in [1.82, 2.24) is 0 Å². The third-order valence-corrected chi connectivity index (χ3v) is 3.09. The predicted molar refractivity (Wildman–Crippen MR) is 88.5 cm³/mol. The normalized spacial score (nSPS) is 11.8. The van der Waals surface area contributed by atoms with E-state index in [0.717, 1.165) is 22.8 Å². The molecule has 0 heterocycles. The van der Waals surface area contributed by atoms with Crippen LogP contribution in [0.15, 0.2) is 18.2 Å². The van der Waals surface area contributed by atoms with Crippen LogP contribution in [0.1, 0.15) is 44.4 Å². The third-order valence-electron chi connectivity index (χ3n) is 3.09. The fourth-order valence-corrected chi connectivity index (χ4v) is 2.06. The van der Waals surface area contributed by atoms with Gasteiger partial charge in [-0.15, -0.1) is 0 Å². The average molecular weight is 320 g/mol. The zero-order chi connectivity index (χ0) is 17.8. The summed E-state index contributed by atoms with van der Waals surface area (Å²) in [7, 11) is 0. The molecule has 0 aliphatic carbocycles. The Kier molecular flexibility index (Phi) is 5.96. The first kappa shape index (κ1) is 18.7. The van der Waals surface area contributed by atoms with E-state index in [1.54, 1.807) is 27.7 Å². The lowest BCUT2D eigenvalue weighted by Crippen LogP contribution is -2.41. The number of hydrogen-bond donors (Lipinski definition) is 1. The molecular formula is C18H24O5. The van der Waals surface area contributed by atoms with Gasteiger partial charge >= 0.3 is 11.9 Å². The van der Waals surface area contributed by atoms with Crippen molar-refractivity contribution in [2.24, 2.45) is 0 Å². The maximum Gasteiger partial charge on any atom is 0.350 e. The first-order chi connectivity index (χ1) is 10.5. The number of carboxylic acid groups (broad SMARTS) is 1. The maximum atomic E-state index is 12.1. The lowest BCUT2D eigenvalue weighted by Gasteiger charge is -2.27. The Bertz CT molecular complexity index is 603. The largest absolute Gasteiger partial charge is 0.478 e. The molecule has 23 heavy (non-hydrogen) atoms. The molecular weight excluding hydrogens is 296 g/mol. The molecule has 0 bridgehead atoms. The first-order valence-electron chi connectivity index (χ1n) is 7.45. The van der Waals surface area contributed by atoms with E-state index < -0.39 is 17.5 Å². The van der Waals surface area contributed by atoms with Crippen molar-refractivity contribution in [2.75, 3.05) is 0 Å². The number of benzene rings is 1. The van der Waals surface area contributed by atoms with Gasteiger partial charge in [0.05, 0.1) is 6.10 Å². The van der Waals surface area contributed by atoms with E-state index in [9.17, 15) is 9.59 Å². The van der Waals surface area contributed by atoms with E-state index >= 15 is 0 Å². The highest BCUT2D eigenvalue weighted by Gasteiger charge is 2.33. The minimum Gasteiger partial charge on any atom is -0.478 e. The molecule has 0 saturated carbocycles. The molecule has 5 nitrogen and oxygen atoms in total. The molecule has 0 aliphatic rings. The third kappa shape index (κ3) is 5.43. The smallest absolute Gasteiger partial charge is 0.350 e. The second kappa shape index (κ2) is 7.31. The highest BCUT2D eigenvalue weighted by molar-refractivity contribution is 5.85. The summed E-state index contributed by atoms with van der Waals surface area (Å²) in [5.41, 5.74) is 1.29. The van der Waals surface area contributed by atoms with E-state index in [1.807, 2.05) is 26.0 Å². The highest BCUT2D eigenvalue weighted by atomic mass is 16.6. The van der Waals surface area contributed by atoms with Crippen LogP contribution in [-0.4, -0.2) is 28.8 Å². The molecule has 0 aliphatic heterocycles. The summed E-state index contributed by atoms with van der Waals surface area (Å²) in [6, 6.07) is 3.62. The summed E-state index contributed by atoms with van der Waals surface area (Å²) in [4.78, 5) is 22.7. The van der Waals surface area contributed by atoms with Gasteiger partial charge in [-0.2, -0.15) is 0 Å². The molecule has 1 aromatic carbocycles. The molecule has 5 heteroatoms. The SMILES string of the molecule is Cc1cc(/C=C/C(=O)O)cc(C)c1OC(C)(C)C(=O)OC(C)C. The van der Waals surface area contributed by atoms with Gasteiger partial charge in [0.2, 0.25) is 0 Å². The van der Waals surface area contributed by atoms with Gasteiger partial charge in [0.25, 0.3) is 0 Å². The van der Waals surface area contributed by atoms with Crippen molar-refractivity contribution in [3.05, 3.63) is 34.9 Å². The van der Waals surface area contributed by atoms with Crippen LogP contribution in [0.4, 0.5) is 0 Å². The van der Waals surface area contributed by atoms with Crippen molar-refractivity contribution in [3.8, 4) is 5.75 Å². The molecule has 0 unspecified atom stereocenters. The summed E-state index contributed by atoms with van der Waals surface area (Å²) in [6.45, 7) is 10.6. The fourth-order valence-electron chi connectivity index (χ4n) is 2.06. The Hall–Kier alpha value is -2.30. The van der Waals surface area contributed by atoms with Crippen LogP contribution in [0, 0.1) is 13.8 Å². The molecule has 0 aromatic heterocycles. The lowest BCUT2D eigenvalue weighted by atomic mass is 10.0. The second-order valence-corrected chi connectivity index (χ2v) is 6.22. The Balaban J connectivity index is 3.05. The maximum absolute atomic E-state index is 12.1. The van der Waals surface area contributed by atoms with Crippen LogP contribution < -0.4 is 4.74 Å². The quantitative estimate of drug-likeness (QED) is 0.641. The number of aliphatic carboxylic acids is 1. The van der Waals surface area contributed by atoms with E-state index in [0.29, 0.717) is 5.75 Å². The van der Waals surface area contributed by atoms with Crippen LogP contribution in [0.5, 0.6) is 5.75 Å². The van der Waals surface area contributed by atoms with E-state index in [2.05, 4.69) is 0 Å². The minimum atomic E-state index is -1.11. The summed E-state index contributed by atoms with van der Waals surface area (Å²) in [6.07, 6.45) is 2.39. The molecule has 0 spiro atoms. The topological polar surface area (TPSA) is 72.8 Å². The highest BCUT2D eigenvalue weighted by Crippen LogP contribution is 2.29. The number of carbonyl (C=O) groups is 2. The molecule has 1 aromatic rings. The molecule has 126 valence electrons. The van der Waals surface area contributed by atoms with E-state index in [-0.39, 0.29) is 6.10 Å². The summed E-state index contributed by atoms with van der Waals surface area (Å²) < 4.78 is 11.1. The number of carbonyl (C=O) groups excluding carboxylic acids is 1. The van der Waals surface area contributed by atoms with Gasteiger partial charge < -0.3 is 14.6 Å². The van der Waals surface area contributed by atoms with Crippen LogP contribution in [0.2, 0.25) is 0 Å². The number of aryl methyl sites for hydroxylation is 2. The molecule has 1 N–H and O–H groups in total. The van der Waals surface area contributed by atoms with Gasteiger partial charge in [-0.05, 0) is 76.4 Å².